The molecule has 0 bridgehead atoms. The lowest BCUT2D eigenvalue weighted by molar-refractivity contribution is -0.115. The van der Waals surface area contributed by atoms with E-state index < -0.39 is 5.25 Å². The summed E-state index contributed by atoms with van der Waals surface area (Å²) < 4.78 is 12.0. The number of rotatable bonds is 7. The van der Waals surface area contributed by atoms with Gasteiger partial charge in [-0.05, 0) is 25.1 Å². The Morgan fingerprint density at radius 1 is 1.18 bits per heavy atom. The molecule has 0 saturated heterocycles. The third-order valence-corrected chi connectivity index (χ3v) is 5.97. The van der Waals surface area contributed by atoms with E-state index in [1.54, 1.807) is 43.3 Å². The maximum Gasteiger partial charge on any atom is 0.262 e. The highest BCUT2D eigenvalue weighted by Crippen LogP contribution is 2.27. The molecule has 0 aliphatic carbocycles. The number of fused-ring (bicyclic) bond motifs is 1. The number of nitrogens with one attached hydrogen (secondary N) is 2. The number of ether oxygens (including phenoxy) is 2. The lowest BCUT2D eigenvalue weighted by Crippen LogP contribution is -2.23. The van der Waals surface area contributed by atoms with Crippen LogP contribution >= 0.6 is 23.4 Å². The van der Waals surface area contributed by atoms with Crippen LogP contribution in [0.3, 0.4) is 0 Å². The highest BCUT2D eigenvalue weighted by Gasteiger charge is 2.19. The normalized spacial score (nSPS) is 11.9. The lowest BCUT2D eigenvalue weighted by atomic mass is 10.2. The number of aromatic nitrogens is 4. The summed E-state index contributed by atoms with van der Waals surface area (Å²) in [6.07, 6.45) is 1.45. The lowest BCUT2D eigenvalue weighted by Gasteiger charge is -2.13. The molecule has 170 valence electrons. The number of aromatic amines is 1. The first-order valence-corrected chi connectivity index (χ1v) is 11.1. The summed E-state index contributed by atoms with van der Waals surface area (Å²) >= 11 is 7.21. The van der Waals surface area contributed by atoms with Gasteiger partial charge in [-0.25, -0.2) is 9.67 Å². The van der Waals surface area contributed by atoms with Gasteiger partial charge in [-0.2, -0.15) is 5.10 Å². The number of hydrogen-bond donors (Lipinski definition) is 2. The summed E-state index contributed by atoms with van der Waals surface area (Å²) in [5.41, 5.74) is 1.22. The summed E-state index contributed by atoms with van der Waals surface area (Å²) in [5, 5.41) is 7.70. The topological polar surface area (TPSA) is 111 Å². The Morgan fingerprint density at radius 3 is 2.58 bits per heavy atom. The number of benzene rings is 2. The van der Waals surface area contributed by atoms with E-state index in [1.165, 1.54) is 25.1 Å². The zero-order chi connectivity index (χ0) is 23.5. The van der Waals surface area contributed by atoms with E-state index in [-0.39, 0.29) is 11.5 Å². The molecule has 4 rings (SSSR count). The molecule has 1 unspecified atom stereocenters. The van der Waals surface area contributed by atoms with Crippen molar-refractivity contribution >= 4 is 46.0 Å². The number of hydrogen-bond acceptors (Lipinski definition) is 7. The van der Waals surface area contributed by atoms with Gasteiger partial charge in [0, 0.05) is 28.9 Å². The third-order valence-electron chi connectivity index (χ3n) is 4.75. The molecule has 9 nitrogen and oxygen atoms in total. The van der Waals surface area contributed by atoms with Gasteiger partial charge in [0.1, 0.15) is 16.9 Å². The molecule has 1 amide bonds. The van der Waals surface area contributed by atoms with Crippen LogP contribution in [0.2, 0.25) is 5.02 Å². The van der Waals surface area contributed by atoms with Crippen LogP contribution in [0, 0.1) is 0 Å². The van der Waals surface area contributed by atoms with Crippen molar-refractivity contribution in [3.05, 3.63) is 64.0 Å². The van der Waals surface area contributed by atoms with Crippen LogP contribution in [0.4, 0.5) is 5.69 Å². The summed E-state index contributed by atoms with van der Waals surface area (Å²) in [6, 6.07) is 12.2. The second kappa shape index (κ2) is 9.55. The molecule has 2 aromatic heterocycles. The highest BCUT2D eigenvalue weighted by atomic mass is 35.5. The van der Waals surface area contributed by atoms with Gasteiger partial charge in [0.15, 0.2) is 10.8 Å². The third kappa shape index (κ3) is 4.96. The van der Waals surface area contributed by atoms with Crippen LogP contribution < -0.4 is 20.3 Å². The molecule has 11 heteroatoms. The van der Waals surface area contributed by atoms with Crippen LogP contribution in [0.5, 0.6) is 11.5 Å². The number of thioether (sulfide) groups is 1. The van der Waals surface area contributed by atoms with Gasteiger partial charge in [0.2, 0.25) is 5.91 Å². The van der Waals surface area contributed by atoms with Crippen molar-refractivity contribution in [2.75, 3.05) is 19.5 Å². The number of amides is 1. The molecule has 0 fully saturated rings. The second-order valence-corrected chi connectivity index (χ2v) is 8.76. The number of carbonyl (C=O) groups excluding carboxylic acids is 1. The minimum atomic E-state index is -0.565. The first kappa shape index (κ1) is 22.7. The van der Waals surface area contributed by atoms with E-state index in [0.29, 0.717) is 44.1 Å². The van der Waals surface area contributed by atoms with E-state index >= 15 is 0 Å². The molecule has 0 radical (unpaired) electrons. The highest BCUT2D eigenvalue weighted by molar-refractivity contribution is 8.00. The van der Waals surface area contributed by atoms with Crippen molar-refractivity contribution in [3.8, 4) is 17.2 Å². The van der Waals surface area contributed by atoms with Gasteiger partial charge >= 0.3 is 0 Å². The minimum absolute atomic E-state index is 0.276. The summed E-state index contributed by atoms with van der Waals surface area (Å²) in [5.74, 6) is 0.827. The number of halogens is 1. The number of anilines is 1. The zero-order valence-corrected chi connectivity index (χ0v) is 19.5. The van der Waals surface area contributed by atoms with Crippen molar-refractivity contribution in [2.45, 2.75) is 17.3 Å². The van der Waals surface area contributed by atoms with E-state index in [9.17, 15) is 9.59 Å². The smallest absolute Gasteiger partial charge is 0.262 e. The second-order valence-electron chi connectivity index (χ2n) is 7.00. The Labute approximate surface area is 198 Å². The van der Waals surface area contributed by atoms with E-state index in [0.717, 1.165) is 11.8 Å². The fourth-order valence-electron chi connectivity index (χ4n) is 3.10. The Balaban J connectivity index is 1.58. The predicted molar refractivity (Wildman–Crippen MR) is 128 cm³/mol. The molecule has 2 heterocycles. The van der Waals surface area contributed by atoms with E-state index in [1.807, 2.05) is 6.07 Å². The quantitative estimate of drug-likeness (QED) is 0.301. The molecule has 4 aromatic rings. The van der Waals surface area contributed by atoms with Crippen molar-refractivity contribution in [2.24, 2.45) is 0 Å². The SMILES string of the molecule is COc1cc(NC(=O)C(C)Sc2nc3c(cnn3-c3cccc(Cl)c3)c(=O)[nH]2)cc(OC)c1. The maximum absolute atomic E-state index is 12.8. The fourth-order valence-corrected chi connectivity index (χ4v) is 4.07. The summed E-state index contributed by atoms with van der Waals surface area (Å²) in [7, 11) is 3.07. The molecule has 2 N–H and O–H groups in total. The number of H-pyrrole nitrogens is 1. The standard InChI is InChI=1S/C22H20ClN5O4S/c1-12(20(29)25-14-8-16(31-2)10-17(9-14)32-3)33-22-26-19-18(21(30)27-22)11-24-28(19)15-6-4-5-13(23)7-15/h4-12H,1-3H3,(H,25,29)(H,26,27,30). The average Bonchev–Trinajstić information content (AvgIpc) is 3.23. The average molecular weight is 486 g/mol. The molecule has 1 atom stereocenters. The first-order chi connectivity index (χ1) is 15.9. The largest absolute Gasteiger partial charge is 0.497 e. The predicted octanol–water partition coefficient (Wildman–Crippen LogP) is 3.90. The summed E-state index contributed by atoms with van der Waals surface area (Å²) in [6.45, 7) is 1.72. The van der Waals surface area contributed by atoms with Gasteiger partial charge in [-0.1, -0.05) is 29.4 Å². The Hall–Kier alpha value is -3.50. The Bertz CT molecular complexity index is 1360. The maximum atomic E-state index is 12.8. The van der Waals surface area contributed by atoms with Crippen LogP contribution in [0.25, 0.3) is 16.7 Å². The Kier molecular flexibility index (Phi) is 6.57. The van der Waals surface area contributed by atoms with Crippen molar-refractivity contribution in [1.29, 1.82) is 0 Å². The monoisotopic (exact) mass is 485 g/mol. The van der Waals surface area contributed by atoms with Gasteiger partial charge in [0.05, 0.1) is 31.4 Å². The molecular weight excluding hydrogens is 466 g/mol. The van der Waals surface area contributed by atoms with Gasteiger partial charge in [-0.3, -0.25) is 9.59 Å². The van der Waals surface area contributed by atoms with Crippen molar-refractivity contribution in [3.63, 3.8) is 0 Å². The molecule has 33 heavy (non-hydrogen) atoms. The van der Waals surface area contributed by atoms with E-state index in [4.69, 9.17) is 21.1 Å². The molecule has 0 spiro atoms. The molecule has 0 aliphatic heterocycles. The van der Waals surface area contributed by atoms with Gasteiger partial charge in [-0.15, -0.1) is 0 Å². The first-order valence-electron chi connectivity index (χ1n) is 9.82. The van der Waals surface area contributed by atoms with E-state index in [2.05, 4.69) is 20.4 Å². The van der Waals surface area contributed by atoms with Crippen molar-refractivity contribution < 1.29 is 14.3 Å². The number of nitrogens with zero attached hydrogens (tertiary/aromatic N) is 3. The minimum Gasteiger partial charge on any atom is -0.497 e. The molecular formula is C22H20ClN5O4S. The molecule has 2 aromatic carbocycles. The number of methoxy groups -OCH3 is 2. The zero-order valence-electron chi connectivity index (χ0n) is 18.0. The van der Waals surface area contributed by atoms with Gasteiger partial charge < -0.3 is 19.8 Å². The van der Waals surface area contributed by atoms with Gasteiger partial charge in [0.25, 0.3) is 5.56 Å². The van der Waals surface area contributed by atoms with Crippen LogP contribution in [0.1, 0.15) is 6.92 Å². The van der Waals surface area contributed by atoms with Crippen LogP contribution in [0.15, 0.2) is 58.6 Å². The Morgan fingerprint density at radius 2 is 1.91 bits per heavy atom. The van der Waals surface area contributed by atoms with Crippen LogP contribution in [-0.2, 0) is 4.79 Å². The molecule has 0 saturated carbocycles. The number of carbonyl (C=O) groups is 1. The van der Waals surface area contributed by atoms with Crippen molar-refractivity contribution in [1.82, 2.24) is 19.7 Å². The fraction of sp³-hybridized carbons (Fsp3) is 0.182. The van der Waals surface area contributed by atoms with Crippen LogP contribution in [-0.4, -0.2) is 45.1 Å². The summed E-state index contributed by atoms with van der Waals surface area (Å²) in [4.78, 5) is 32.6. The molecule has 0 aliphatic rings.